The highest BCUT2D eigenvalue weighted by Gasteiger charge is 2.31. The van der Waals surface area contributed by atoms with Crippen molar-refractivity contribution < 1.29 is 19.4 Å². The first-order chi connectivity index (χ1) is 13.0. The highest BCUT2D eigenvalue weighted by molar-refractivity contribution is 6.30. The van der Waals surface area contributed by atoms with Crippen molar-refractivity contribution >= 4 is 17.3 Å². The normalized spacial score (nSPS) is 12.5. The number of nitrogen functional groups attached to an aromatic ring is 1. The van der Waals surface area contributed by atoms with Crippen molar-refractivity contribution in [3.63, 3.8) is 0 Å². The van der Waals surface area contributed by atoms with Crippen LogP contribution in [0.25, 0.3) is 0 Å². The van der Waals surface area contributed by atoms with Crippen LogP contribution in [0.4, 0.5) is 5.69 Å². The van der Waals surface area contributed by atoms with Crippen LogP contribution in [0.1, 0.15) is 43.0 Å². The molecule has 0 unspecified atom stereocenters. The number of phenolic OH excluding ortho intramolecular Hbond substituents is 1. The van der Waals surface area contributed by atoms with Gasteiger partial charge in [0.15, 0.2) is 11.6 Å². The van der Waals surface area contributed by atoms with Gasteiger partial charge in [-0.1, -0.05) is 30.3 Å². The first-order valence-corrected chi connectivity index (χ1v) is 8.47. The molecule has 0 bridgehead atoms. The fourth-order valence-electron chi connectivity index (χ4n) is 3.52. The Morgan fingerprint density at radius 3 is 2.30 bits per heavy atom. The number of fused-ring (bicyclic) bond motifs is 2. The second-order valence-electron chi connectivity index (χ2n) is 6.44. The Morgan fingerprint density at radius 2 is 1.59 bits per heavy atom. The van der Waals surface area contributed by atoms with Crippen molar-refractivity contribution in [3.8, 4) is 11.5 Å². The molecule has 0 saturated carbocycles. The number of hydrogen-bond donors (Lipinski definition) is 2. The summed E-state index contributed by atoms with van der Waals surface area (Å²) < 4.78 is 5.34. The second kappa shape index (κ2) is 6.29. The Bertz CT molecular complexity index is 1100. The number of ketones is 2. The molecule has 27 heavy (non-hydrogen) atoms. The molecule has 0 radical (unpaired) electrons. The molecule has 0 amide bonds. The van der Waals surface area contributed by atoms with Crippen LogP contribution in [0.5, 0.6) is 11.5 Å². The molecule has 0 saturated heterocycles. The van der Waals surface area contributed by atoms with E-state index in [4.69, 9.17) is 10.5 Å². The molecule has 3 aromatic carbocycles. The van der Waals surface area contributed by atoms with Gasteiger partial charge in [0.2, 0.25) is 0 Å². The van der Waals surface area contributed by atoms with E-state index in [-0.39, 0.29) is 28.6 Å². The number of rotatable bonds is 3. The van der Waals surface area contributed by atoms with E-state index >= 15 is 0 Å². The molecule has 0 fully saturated rings. The summed E-state index contributed by atoms with van der Waals surface area (Å²) >= 11 is 0. The van der Waals surface area contributed by atoms with E-state index in [2.05, 4.69) is 0 Å². The quantitative estimate of drug-likeness (QED) is 0.548. The van der Waals surface area contributed by atoms with Crippen molar-refractivity contribution in [2.24, 2.45) is 0 Å². The Morgan fingerprint density at radius 1 is 0.889 bits per heavy atom. The lowest BCUT2D eigenvalue weighted by molar-refractivity contribution is 0.0979. The van der Waals surface area contributed by atoms with Crippen LogP contribution in [0.3, 0.4) is 0 Å². The van der Waals surface area contributed by atoms with E-state index in [9.17, 15) is 14.7 Å². The van der Waals surface area contributed by atoms with Crippen LogP contribution < -0.4 is 10.5 Å². The third kappa shape index (κ3) is 2.64. The first kappa shape index (κ1) is 16.8. The summed E-state index contributed by atoms with van der Waals surface area (Å²) in [5.74, 6) is 0.274. The average Bonchev–Trinajstić information content (AvgIpc) is 2.68. The lowest BCUT2D eigenvalue weighted by atomic mass is 9.81. The van der Waals surface area contributed by atoms with Crippen LogP contribution >= 0.6 is 0 Å². The molecule has 3 aromatic rings. The summed E-state index contributed by atoms with van der Waals surface area (Å²) in [7, 11) is 1.55. The van der Waals surface area contributed by atoms with Crippen molar-refractivity contribution in [2.75, 3.05) is 12.8 Å². The molecule has 1 aliphatic rings. The summed E-state index contributed by atoms with van der Waals surface area (Å²) in [6.07, 6.45) is 0.361. The number of carbonyl (C=O) groups excluding carboxylic acids is 2. The zero-order valence-electron chi connectivity index (χ0n) is 14.7. The summed E-state index contributed by atoms with van der Waals surface area (Å²) in [5, 5.41) is 9.77. The Balaban J connectivity index is 1.82. The molecule has 134 valence electrons. The zero-order chi connectivity index (χ0) is 19.1. The lowest BCUT2D eigenvalue weighted by Gasteiger charge is -2.21. The molecule has 0 spiro atoms. The van der Waals surface area contributed by atoms with Gasteiger partial charge in [0.25, 0.3) is 0 Å². The molecule has 0 aliphatic heterocycles. The van der Waals surface area contributed by atoms with Crippen LogP contribution in [0.2, 0.25) is 0 Å². The van der Waals surface area contributed by atoms with Gasteiger partial charge >= 0.3 is 0 Å². The second-order valence-corrected chi connectivity index (χ2v) is 6.44. The van der Waals surface area contributed by atoms with Gasteiger partial charge in [0.1, 0.15) is 11.5 Å². The van der Waals surface area contributed by atoms with Crippen molar-refractivity contribution in [1.29, 1.82) is 0 Å². The number of hydrogen-bond acceptors (Lipinski definition) is 5. The van der Waals surface area contributed by atoms with Gasteiger partial charge in [-0.05, 0) is 29.8 Å². The van der Waals surface area contributed by atoms with E-state index in [1.54, 1.807) is 55.6 Å². The fraction of sp³-hybridized carbons (Fsp3) is 0.0909. The van der Waals surface area contributed by atoms with E-state index < -0.39 is 0 Å². The fourth-order valence-corrected chi connectivity index (χ4v) is 3.52. The maximum absolute atomic E-state index is 13.0. The minimum atomic E-state index is -0.248. The monoisotopic (exact) mass is 359 g/mol. The van der Waals surface area contributed by atoms with Crippen LogP contribution in [0, 0.1) is 0 Å². The molecular weight excluding hydrogens is 342 g/mol. The van der Waals surface area contributed by atoms with Gasteiger partial charge in [0, 0.05) is 34.4 Å². The largest absolute Gasteiger partial charge is 0.508 e. The number of methoxy groups -OCH3 is 1. The minimum absolute atomic E-state index is 0.113. The number of ether oxygens (including phenoxy) is 1. The highest BCUT2D eigenvalue weighted by atomic mass is 16.5. The molecule has 5 nitrogen and oxygen atoms in total. The standard InChI is InChI=1S/C22H17NO4/c1-27-18-9-7-14(24)11-13(18)10-12-6-8-17-19(20(12)23)22(26)16-5-3-2-4-15(16)21(17)25/h2-9,11,24H,10,23H2,1H3. The average molecular weight is 359 g/mol. The SMILES string of the molecule is COc1ccc(O)cc1Cc1ccc2c(c1N)C(=O)c1ccccc1C2=O. The topological polar surface area (TPSA) is 89.6 Å². The third-order valence-corrected chi connectivity index (χ3v) is 4.87. The maximum Gasteiger partial charge on any atom is 0.196 e. The Labute approximate surface area is 156 Å². The van der Waals surface area contributed by atoms with Crippen LogP contribution in [0.15, 0.2) is 54.6 Å². The van der Waals surface area contributed by atoms with Gasteiger partial charge in [-0.15, -0.1) is 0 Å². The summed E-state index contributed by atoms with van der Waals surface area (Å²) in [6, 6.07) is 15.0. The molecule has 0 atom stereocenters. The first-order valence-electron chi connectivity index (χ1n) is 8.47. The predicted molar refractivity (Wildman–Crippen MR) is 102 cm³/mol. The van der Waals surface area contributed by atoms with E-state index in [1.165, 1.54) is 6.07 Å². The highest BCUT2D eigenvalue weighted by Crippen LogP contribution is 2.34. The number of carbonyl (C=O) groups is 2. The van der Waals surface area contributed by atoms with Gasteiger partial charge in [-0.3, -0.25) is 9.59 Å². The molecule has 1 aliphatic carbocycles. The van der Waals surface area contributed by atoms with Crippen molar-refractivity contribution in [3.05, 3.63) is 88.0 Å². The number of benzene rings is 3. The van der Waals surface area contributed by atoms with Gasteiger partial charge in [-0.25, -0.2) is 0 Å². The number of nitrogens with two attached hydrogens (primary N) is 1. The molecule has 0 heterocycles. The van der Waals surface area contributed by atoms with E-state index in [0.29, 0.717) is 34.4 Å². The molecule has 3 N–H and O–H groups in total. The summed E-state index contributed by atoms with van der Waals surface area (Å²) in [4.78, 5) is 25.7. The maximum atomic E-state index is 13.0. The molecule has 5 heteroatoms. The van der Waals surface area contributed by atoms with Gasteiger partial charge in [0.05, 0.1) is 12.7 Å². The third-order valence-electron chi connectivity index (χ3n) is 4.87. The van der Waals surface area contributed by atoms with Gasteiger partial charge < -0.3 is 15.6 Å². The predicted octanol–water partition coefficient (Wildman–Crippen LogP) is 3.35. The number of anilines is 1. The molecule has 4 rings (SSSR count). The number of aromatic hydroxyl groups is 1. The van der Waals surface area contributed by atoms with Gasteiger partial charge in [-0.2, -0.15) is 0 Å². The summed E-state index contributed by atoms with van der Waals surface area (Å²) in [6.45, 7) is 0. The Kier molecular flexibility index (Phi) is 3.92. The molecular formula is C22H17NO4. The van der Waals surface area contributed by atoms with Crippen molar-refractivity contribution in [2.45, 2.75) is 6.42 Å². The summed E-state index contributed by atoms with van der Waals surface area (Å²) in [5.41, 5.74) is 9.36. The lowest BCUT2D eigenvalue weighted by Crippen LogP contribution is -2.23. The minimum Gasteiger partial charge on any atom is -0.508 e. The smallest absolute Gasteiger partial charge is 0.196 e. The Hall–Kier alpha value is -3.60. The zero-order valence-corrected chi connectivity index (χ0v) is 14.7. The van der Waals surface area contributed by atoms with Crippen molar-refractivity contribution in [1.82, 2.24) is 0 Å². The van der Waals surface area contributed by atoms with Crippen LogP contribution in [-0.2, 0) is 6.42 Å². The molecule has 0 aromatic heterocycles. The van der Waals surface area contributed by atoms with Crippen LogP contribution in [-0.4, -0.2) is 23.8 Å². The van der Waals surface area contributed by atoms with E-state index in [0.717, 1.165) is 5.56 Å². The number of phenols is 1. The van der Waals surface area contributed by atoms with E-state index in [1.807, 2.05) is 0 Å².